The van der Waals surface area contributed by atoms with Gasteiger partial charge in [0.05, 0.1) is 0 Å². The maximum absolute atomic E-state index is 12.5. The van der Waals surface area contributed by atoms with Crippen LogP contribution in [0, 0.1) is 6.92 Å². The molecule has 3 heterocycles. The second-order valence-electron chi connectivity index (χ2n) is 5.21. The Morgan fingerprint density at radius 3 is 2.85 bits per heavy atom. The van der Waals surface area contributed by atoms with Crippen molar-refractivity contribution in [2.24, 2.45) is 5.73 Å². The van der Waals surface area contributed by atoms with E-state index < -0.39 is 0 Å². The molecule has 0 radical (unpaired) electrons. The molecule has 0 bridgehead atoms. The summed E-state index contributed by atoms with van der Waals surface area (Å²) in [7, 11) is 0. The summed E-state index contributed by atoms with van der Waals surface area (Å²) in [5.41, 5.74) is 7.05. The Labute approximate surface area is 115 Å². The number of nitrogens with two attached hydrogens (primary N) is 1. The molecule has 1 saturated heterocycles. The molecular weight excluding hydrogens is 258 g/mol. The van der Waals surface area contributed by atoms with Crippen molar-refractivity contribution >= 4 is 11.6 Å². The fourth-order valence-corrected chi connectivity index (χ4v) is 2.53. The Bertz CT molecular complexity index is 709. The first kappa shape index (κ1) is 12.9. The predicted molar refractivity (Wildman–Crippen MR) is 73.7 cm³/mol. The summed E-state index contributed by atoms with van der Waals surface area (Å²) in [6.45, 7) is 3.03. The van der Waals surface area contributed by atoms with Gasteiger partial charge in [0.1, 0.15) is 5.56 Å². The van der Waals surface area contributed by atoms with Gasteiger partial charge in [-0.1, -0.05) is 0 Å². The van der Waals surface area contributed by atoms with Crippen LogP contribution in [0.5, 0.6) is 0 Å². The second-order valence-corrected chi connectivity index (χ2v) is 5.21. The molecule has 3 rings (SSSR count). The number of hydrogen-bond acceptors (Lipinski definition) is 4. The van der Waals surface area contributed by atoms with Gasteiger partial charge in [-0.05, 0) is 19.8 Å². The minimum Gasteiger partial charge on any atom is -0.338 e. The van der Waals surface area contributed by atoms with Crippen molar-refractivity contribution in [1.82, 2.24) is 19.5 Å². The Hall–Kier alpha value is -2.15. The molecule has 106 valence electrons. The molecule has 20 heavy (non-hydrogen) atoms. The van der Waals surface area contributed by atoms with Crippen LogP contribution in [0.4, 0.5) is 0 Å². The van der Waals surface area contributed by atoms with Crippen molar-refractivity contribution in [3.8, 4) is 0 Å². The number of carbonyl (C=O) groups excluding carboxylic acids is 1. The molecule has 3 N–H and O–H groups in total. The van der Waals surface area contributed by atoms with Crippen LogP contribution in [0.1, 0.15) is 28.9 Å². The second kappa shape index (κ2) is 4.75. The summed E-state index contributed by atoms with van der Waals surface area (Å²) in [4.78, 5) is 30.4. The molecule has 0 saturated carbocycles. The number of aryl methyl sites for hydroxylation is 1. The number of likely N-dealkylation sites (tertiary alicyclic amines) is 1. The van der Waals surface area contributed by atoms with Crippen molar-refractivity contribution in [2.75, 3.05) is 13.1 Å². The molecule has 1 aliphatic rings. The van der Waals surface area contributed by atoms with Crippen LogP contribution in [0.3, 0.4) is 0 Å². The monoisotopic (exact) mass is 275 g/mol. The smallest absolute Gasteiger partial charge is 0.272 e. The van der Waals surface area contributed by atoms with Crippen molar-refractivity contribution < 1.29 is 4.79 Å². The summed E-state index contributed by atoms with van der Waals surface area (Å²) in [5.74, 6) is -0.104. The van der Waals surface area contributed by atoms with Crippen molar-refractivity contribution in [3.05, 3.63) is 33.9 Å². The average molecular weight is 275 g/mol. The van der Waals surface area contributed by atoms with E-state index in [1.54, 1.807) is 18.0 Å². The summed E-state index contributed by atoms with van der Waals surface area (Å²) in [5, 5.41) is 2.78. The zero-order chi connectivity index (χ0) is 14.3. The molecule has 0 atom stereocenters. The van der Waals surface area contributed by atoms with Gasteiger partial charge in [-0.25, -0.2) is 9.50 Å². The Morgan fingerprint density at radius 1 is 1.45 bits per heavy atom. The average Bonchev–Trinajstić information content (AvgIpc) is 2.82. The van der Waals surface area contributed by atoms with Gasteiger partial charge in [0.25, 0.3) is 11.5 Å². The third-order valence-electron chi connectivity index (χ3n) is 3.68. The van der Waals surface area contributed by atoms with Gasteiger partial charge in [0, 0.05) is 37.1 Å². The minimum absolute atomic E-state index is 0.104. The standard InChI is InChI=1S/C13H17N5O2/c1-8-6-11(19)18-12(16-8)10(7-15-18)13(20)17-4-2-9(14)3-5-17/h6-7,9,15H,2-5,14H2,1H3. The normalized spacial score (nSPS) is 16.8. The van der Waals surface area contributed by atoms with Gasteiger partial charge < -0.3 is 10.6 Å². The fourth-order valence-electron chi connectivity index (χ4n) is 2.53. The van der Waals surface area contributed by atoms with Crippen LogP contribution in [-0.2, 0) is 0 Å². The first-order chi connectivity index (χ1) is 9.56. The zero-order valence-electron chi connectivity index (χ0n) is 11.3. The minimum atomic E-state index is -0.216. The van der Waals surface area contributed by atoms with E-state index in [9.17, 15) is 9.59 Å². The van der Waals surface area contributed by atoms with Gasteiger partial charge >= 0.3 is 0 Å². The number of nitrogens with one attached hydrogen (secondary N) is 1. The van der Waals surface area contributed by atoms with Crippen LogP contribution in [0.2, 0.25) is 0 Å². The lowest BCUT2D eigenvalue weighted by molar-refractivity contribution is 0.0716. The van der Waals surface area contributed by atoms with Crippen LogP contribution >= 0.6 is 0 Å². The zero-order valence-corrected chi connectivity index (χ0v) is 11.3. The van der Waals surface area contributed by atoms with E-state index in [1.165, 1.54) is 10.6 Å². The predicted octanol–water partition coefficient (Wildman–Crippen LogP) is -0.106. The third kappa shape index (κ3) is 2.09. The molecule has 0 aliphatic carbocycles. The maximum Gasteiger partial charge on any atom is 0.272 e. The number of aromatic amines is 1. The lowest BCUT2D eigenvalue weighted by Gasteiger charge is -2.29. The number of aromatic nitrogens is 3. The van der Waals surface area contributed by atoms with Crippen LogP contribution in [0.25, 0.3) is 5.65 Å². The molecule has 7 heteroatoms. The van der Waals surface area contributed by atoms with E-state index in [0.29, 0.717) is 30.0 Å². The summed E-state index contributed by atoms with van der Waals surface area (Å²) >= 11 is 0. The molecule has 0 aromatic carbocycles. The molecule has 2 aromatic rings. The van der Waals surface area contributed by atoms with Crippen LogP contribution in [-0.4, -0.2) is 44.5 Å². The number of H-pyrrole nitrogens is 1. The number of carbonyl (C=O) groups is 1. The molecule has 0 spiro atoms. The number of amides is 1. The van der Waals surface area contributed by atoms with Crippen LogP contribution in [0.15, 0.2) is 17.1 Å². The summed E-state index contributed by atoms with van der Waals surface area (Å²) < 4.78 is 1.29. The topological polar surface area (TPSA) is 96.5 Å². The van der Waals surface area contributed by atoms with Gasteiger partial charge in [-0.3, -0.25) is 14.7 Å². The van der Waals surface area contributed by atoms with E-state index in [1.807, 2.05) is 0 Å². The van der Waals surface area contributed by atoms with Gasteiger partial charge in [-0.2, -0.15) is 0 Å². The largest absolute Gasteiger partial charge is 0.338 e. The molecule has 1 fully saturated rings. The van der Waals surface area contributed by atoms with E-state index in [0.717, 1.165) is 12.8 Å². The molecule has 1 amide bonds. The first-order valence-corrected chi connectivity index (χ1v) is 6.69. The van der Waals surface area contributed by atoms with Crippen LogP contribution < -0.4 is 11.3 Å². The Kier molecular flexibility index (Phi) is 3.06. The summed E-state index contributed by atoms with van der Waals surface area (Å²) in [6, 6.07) is 1.60. The Morgan fingerprint density at radius 2 is 2.15 bits per heavy atom. The van der Waals surface area contributed by atoms with Gasteiger partial charge in [0.15, 0.2) is 5.65 Å². The fraction of sp³-hybridized carbons (Fsp3) is 0.462. The number of fused-ring (bicyclic) bond motifs is 1. The highest BCUT2D eigenvalue weighted by Crippen LogP contribution is 2.15. The number of rotatable bonds is 1. The lowest BCUT2D eigenvalue weighted by atomic mass is 10.1. The third-order valence-corrected chi connectivity index (χ3v) is 3.68. The Balaban J connectivity index is 1.98. The molecule has 2 aromatic heterocycles. The highest BCUT2D eigenvalue weighted by atomic mass is 16.2. The molecule has 7 nitrogen and oxygen atoms in total. The SMILES string of the molecule is Cc1cc(=O)n2[nH]cc(C(=O)N3CCC(N)CC3)c2n1. The highest BCUT2D eigenvalue weighted by Gasteiger charge is 2.24. The molecule has 1 aliphatic heterocycles. The number of hydrogen-bond donors (Lipinski definition) is 2. The van der Waals surface area contributed by atoms with E-state index in [2.05, 4.69) is 10.1 Å². The van der Waals surface area contributed by atoms with Crippen molar-refractivity contribution in [1.29, 1.82) is 0 Å². The number of piperidine rings is 1. The molecular formula is C13H17N5O2. The number of nitrogens with zero attached hydrogens (tertiary/aromatic N) is 3. The molecule has 0 unspecified atom stereocenters. The van der Waals surface area contributed by atoms with Crippen molar-refractivity contribution in [3.63, 3.8) is 0 Å². The van der Waals surface area contributed by atoms with Gasteiger partial charge in [-0.15, -0.1) is 0 Å². The lowest BCUT2D eigenvalue weighted by Crippen LogP contribution is -2.42. The quantitative estimate of drug-likeness (QED) is 0.759. The maximum atomic E-state index is 12.5. The first-order valence-electron chi connectivity index (χ1n) is 6.69. The van der Waals surface area contributed by atoms with Gasteiger partial charge in [0.2, 0.25) is 0 Å². The highest BCUT2D eigenvalue weighted by molar-refractivity contribution is 5.99. The summed E-state index contributed by atoms with van der Waals surface area (Å²) in [6.07, 6.45) is 3.15. The van der Waals surface area contributed by atoms with E-state index in [-0.39, 0.29) is 17.5 Å². The van der Waals surface area contributed by atoms with E-state index in [4.69, 9.17) is 5.73 Å². The van der Waals surface area contributed by atoms with Crippen molar-refractivity contribution in [2.45, 2.75) is 25.8 Å². The van der Waals surface area contributed by atoms with E-state index >= 15 is 0 Å².